The van der Waals surface area contributed by atoms with Crippen molar-refractivity contribution in [1.82, 2.24) is 9.97 Å². The van der Waals surface area contributed by atoms with Gasteiger partial charge in [-0.05, 0) is 24.3 Å². The van der Waals surface area contributed by atoms with Gasteiger partial charge >= 0.3 is 0 Å². The molecule has 4 heteroatoms. The van der Waals surface area contributed by atoms with E-state index in [1.54, 1.807) is 24.5 Å². The zero-order chi connectivity index (χ0) is 9.80. The maximum absolute atomic E-state index is 6.99. The van der Waals surface area contributed by atoms with Gasteiger partial charge in [0.15, 0.2) is 0 Å². The number of pyridine rings is 2. The monoisotopic (exact) mass is 184 g/mol. The van der Waals surface area contributed by atoms with E-state index in [1.165, 1.54) is 0 Å². The Morgan fingerprint density at radius 3 is 2.57 bits per heavy atom. The standard InChI is InChI=1S/C10H8N4/c11-14-9-5-3-7-13-10(9)8-4-1-2-6-12-8/h1-7,11H. The van der Waals surface area contributed by atoms with Crippen LogP contribution in [0.1, 0.15) is 0 Å². The van der Waals surface area contributed by atoms with E-state index in [4.69, 9.17) is 5.53 Å². The molecule has 0 aliphatic rings. The van der Waals surface area contributed by atoms with Crippen molar-refractivity contribution in [3.05, 3.63) is 42.7 Å². The highest BCUT2D eigenvalue weighted by Crippen LogP contribution is 2.25. The number of aromatic nitrogens is 2. The van der Waals surface area contributed by atoms with Crippen LogP contribution in [0.25, 0.3) is 11.4 Å². The van der Waals surface area contributed by atoms with Gasteiger partial charge in [-0.2, -0.15) is 5.11 Å². The molecule has 2 rings (SSSR count). The van der Waals surface area contributed by atoms with E-state index in [1.807, 2.05) is 18.2 Å². The van der Waals surface area contributed by atoms with Crippen LogP contribution in [0, 0.1) is 5.53 Å². The number of hydrogen-bond acceptors (Lipinski definition) is 4. The predicted molar refractivity (Wildman–Crippen MR) is 52.3 cm³/mol. The first-order valence-corrected chi connectivity index (χ1v) is 4.15. The molecule has 2 aromatic rings. The van der Waals surface area contributed by atoms with Gasteiger partial charge in [0.1, 0.15) is 11.4 Å². The molecule has 1 N–H and O–H groups in total. The second-order valence-corrected chi connectivity index (χ2v) is 2.70. The highest BCUT2D eigenvalue weighted by Gasteiger charge is 2.04. The first-order valence-electron chi connectivity index (χ1n) is 4.15. The van der Waals surface area contributed by atoms with E-state index in [-0.39, 0.29) is 0 Å². The summed E-state index contributed by atoms with van der Waals surface area (Å²) in [5.41, 5.74) is 8.90. The summed E-state index contributed by atoms with van der Waals surface area (Å²) < 4.78 is 0. The van der Waals surface area contributed by atoms with E-state index in [0.717, 1.165) is 5.69 Å². The zero-order valence-corrected chi connectivity index (χ0v) is 7.38. The summed E-state index contributed by atoms with van der Waals surface area (Å²) in [6.07, 6.45) is 3.36. The third-order valence-corrected chi connectivity index (χ3v) is 1.81. The van der Waals surface area contributed by atoms with Crippen molar-refractivity contribution < 1.29 is 0 Å². The van der Waals surface area contributed by atoms with Gasteiger partial charge < -0.3 is 0 Å². The maximum Gasteiger partial charge on any atom is 0.116 e. The quantitative estimate of drug-likeness (QED) is 0.729. The largest absolute Gasteiger partial charge is 0.255 e. The SMILES string of the molecule is N=Nc1cccnc1-c1ccccn1. The second-order valence-electron chi connectivity index (χ2n) is 2.70. The van der Waals surface area contributed by atoms with Gasteiger partial charge in [-0.15, -0.1) is 0 Å². The Balaban J connectivity index is 2.57. The Labute approximate surface area is 81.2 Å². The first kappa shape index (κ1) is 8.50. The molecule has 0 saturated heterocycles. The highest BCUT2D eigenvalue weighted by atomic mass is 15.0. The van der Waals surface area contributed by atoms with Crippen molar-refractivity contribution >= 4 is 5.69 Å². The minimum Gasteiger partial charge on any atom is -0.255 e. The lowest BCUT2D eigenvalue weighted by molar-refractivity contribution is 1.12. The smallest absolute Gasteiger partial charge is 0.116 e. The first-order chi connectivity index (χ1) is 6.92. The minimum absolute atomic E-state index is 0.534. The van der Waals surface area contributed by atoms with E-state index < -0.39 is 0 Å². The van der Waals surface area contributed by atoms with E-state index in [0.29, 0.717) is 11.4 Å². The van der Waals surface area contributed by atoms with Gasteiger partial charge in [0.25, 0.3) is 0 Å². The molecule has 0 fully saturated rings. The van der Waals surface area contributed by atoms with Crippen LogP contribution >= 0.6 is 0 Å². The molecular formula is C10H8N4. The van der Waals surface area contributed by atoms with Crippen molar-refractivity contribution in [1.29, 1.82) is 5.53 Å². The molecule has 2 heterocycles. The van der Waals surface area contributed by atoms with Gasteiger partial charge in [0, 0.05) is 12.4 Å². The fourth-order valence-electron chi connectivity index (χ4n) is 1.19. The molecule has 0 radical (unpaired) electrons. The third kappa shape index (κ3) is 1.50. The summed E-state index contributed by atoms with van der Waals surface area (Å²) in [6.45, 7) is 0. The maximum atomic E-state index is 6.99. The Bertz CT molecular complexity index is 439. The summed E-state index contributed by atoms with van der Waals surface area (Å²) in [5.74, 6) is 0. The van der Waals surface area contributed by atoms with Crippen LogP contribution in [0.5, 0.6) is 0 Å². The Kier molecular flexibility index (Phi) is 2.27. The summed E-state index contributed by atoms with van der Waals surface area (Å²) in [6, 6.07) is 9.05. The minimum atomic E-state index is 0.534. The summed E-state index contributed by atoms with van der Waals surface area (Å²) in [5, 5.41) is 3.39. The summed E-state index contributed by atoms with van der Waals surface area (Å²) in [4.78, 5) is 8.30. The number of hydrogen-bond donors (Lipinski definition) is 1. The Hall–Kier alpha value is -2.10. The van der Waals surface area contributed by atoms with Crippen molar-refractivity contribution in [2.24, 2.45) is 5.11 Å². The lowest BCUT2D eigenvalue weighted by atomic mass is 10.2. The topological polar surface area (TPSA) is 62.0 Å². The fraction of sp³-hybridized carbons (Fsp3) is 0. The molecule has 0 atom stereocenters. The van der Waals surface area contributed by atoms with Crippen LogP contribution in [0.15, 0.2) is 47.8 Å². The molecule has 0 aliphatic heterocycles. The van der Waals surface area contributed by atoms with Crippen molar-refractivity contribution in [3.8, 4) is 11.4 Å². The van der Waals surface area contributed by atoms with E-state index in [2.05, 4.69) is 15.1 Å². The van der Waals surface area contributed by atoms with Crippen LogP contribution < -0.4 is 0 Å². The molecule has 0 saturated carbocycles. The molecule has 0 spiro atoms. The Morgan fingerprint density at radius 2 is 1.86 bits per heavy atom. The van der Waals surface area contributed by atoms with E-state index >= 15 is 0 Å². The normalized spacial score (nSPS) is 9.71. The molecule has 0 unspecified atom stereocenters. The molecule has 14 heavy (non-hydrogen) atoms. The average molecular weight is 184 g/mol. The van der Waals surface area contributed by atoms with Crippen LogP contribution in [-0.2, 0) is 0 Å². The average Bonchev–Trinajstić information content (AvgIpc) is 2.30. The number of rotatable bonds is 2. The van der Waals surface area contributed by atoms with E-state index in [9.17, 15) is 0 Å². The lowest BCUT2D eigenvalue weighted by Crippen LogP contribution is -1.85. The van der Waals surface area contributed by atoms with Crippen molar-refractivity contribution in [2.45, 2.75) is 0 Å². The molecule has 0 amide bonds. The van der Waals surface area contributed by atoms with Gasteiger partial charge in [-0.25, -0.2) is 5.53 Å². The van der Waals surface area contributed by atoms with Crippen LogP contribution in [0.2, 0.25) is 0 Å². The number of nitrogens with zero attached hydrogens (tertiary/aromatic N) is 3. The number of nitrogens with one attached hydrogen (secondary N) is 1. The van der Waals surface area contributed by atoms with Crippen molar-refractivity contribution in [2.75, 3.05) is 0 Å². The van der Waals surface area contributed by atoms with Gasteiger partial charge in [0.05, 0.1) is 5.69 Å². The van der Waals surface area contributed by atoms with Crippen LogP contribution in [0.4, 0.5) is 5.69 Å². The van der Waals surface area contributed by atoms with Crippen LogP contribution in [0.3, 0.4) is 0 Å². The van der Waals surface area contributed by atoms with Gasteiger partial charge in [0.2, 0.25) is 0 Å². The predicted octanol–water partition coefficient (Wildman–Crippen LogP) is 2.81. The zero-order valence-electron chi connectivity index (χ0n) is 7.38. The van der Waals surface area contributed by atoms with Gasteiger partial charge in [-0.1, -0.05) is 6.07 Å². The lowest BCUT2D eigenvalue weighted by Gasteiger charge is -2.00. The molecule has 2 aromatic heterocycles. The highest BCUT2D eigenvalue weighted by molar-refractivity contribution is 5.68. The Morgan fingerprint density at radius 1 is 1.00 bits per heavy atom. The molecule has 68 valence electrons. The van der Waals surface area contributed by atoms with Gasteiger partial charge in [-0.3, -0.25) is 9.97 Å². The summed E-state index contributed by atoms with van der Waals surface area (Å²) in [7, 11) is 0. The molecular weight excluding hydrogens is 176 g/mol. The third-order valence-electron chi connectivity index (χ3n) is 1.81. The molecule has 0 aliphatic carbocycles. The van der Waals surface area contributed by atoms with Crippen molar-refractivity contribution in [3.63, 3.8) is 0 Å². The molecule has 0 bridgehead atoms. The summed E-state index contributed by atoms with van der Waals surface area (Å²) >= 11 is 0. The molecule has 0 aromatic carbocycles. The second kappa shape index (κ2) is 3.74. The fourth-order valence-corrected chi connectivity index (χ4v) is 1.19. The van der Waals surface area contributed by atoms with Crippen LogP contribution in [-0.4, -0.2) is 9.97 Å². The molecule has 4 nitrogen and oxygen atoms in total.